The summed E-state index contributed by atoms with van der Waals surface area (Å²) in [5.74, 6) is -0.214. The molecule has 0 bridgehead atoms. The lowest BCUT2D eigenvalue weighted by Gasteiger charge is -2.26. The third-order valence-corrected chi connectivity index (χ3v) is 7.90. The summed E-state index contributed by atoms with van der Waals surface area (Å²) in [7, 11) is 0. The Labute approximate surface area is 235 Å². The Kier molecular flexibility index (Phi) is 7.69. The molecule has 1 amide bonds. The highest BCUT2D eigenvalue weighted by Crippen LogP contribution is 2.30. The lowest BCUT2D eigenvalue weighted by atomic mass is 10.1. The molecule has 6 heterocycles. The van der Waals surface area contributed by atoms with E-state index in [1.54, 1.807) is 30.5 Å². The zero-order valence-corrected chi connectivity index (χ0v) is 23.0. The summed E-state index contributed by atoms with van der Waals surface area (Å²) in [4.78, 5) is 32.5. The van der Waals surface area contributed by atoms with Crippen LogP contribution in [0.25, 0.3) is 16.9 Å². The van der Waals surface area contributed by atoms with Gasteiger partial charge in [0.25, 0.3) is 0 Å². The number of rotatable bonds is 8. The smallest absolute Gasteiger partial charge is 0.228 e. The average molecular weight is 560 g/mol. The Hall–Kier alpha value is -3.90. The van der Waals surface area contributed by atoms with Crippen LogP contribution >= 0.6 is 11.9 Å². The van der Waals surface area contributed by atoms with E-state index in [0.717, 1.165) is 49.2 Å². The lowest BCUT2D eigenvalue weighted by molar-refractivity contribution is -0.115. The minimum Gasteiger partial charge on any atom is -0.353 e. The summed E-state index contributed by atoms with van der Waals surface area (Å²) >= 11 is 1.56. The molecule has 4 aromatic heterocycles. The summed E-state index contributed by atoms with van der Waals surface area (Å²) in [6.07, 6.45) is 14.4. The van der Waals surface area contributed by atoms with Gasteiger partial charge in [-0.15, -0.1) is 0 Å². The molecule has 12 heteroatoms. The number of aryl methyl sites for hydroxylation is 1. The number of hydrogen-bond donors (Lipinski definition) is 2. The third-order valence-electron chi connectivity index (χ3n) is 7.00. The van der Waals surface area contributed by atoms with Crippen LogP contribution < -0.4 is 10.6 Å². The van der Waals surface area contributed by atoms with Crippen LogP contribution in [0.4, 0.5) is 15.9 Å². The number of amides is 1. The van der Waals surface area contributed by atoms with Gasteiger partial charge in [0.2, 0.25) is 5.91 Å². The van der Waals surface area contributed by atoms with Crippen molar-refractivity contribution in [3.05, 3.63) is 66.4 Å². The van der Waals surface area contributed by atoms with Crippen LogP contribution in [0.15, 0.2) is 53.7 Å². The number of halogens is 1. The highest BCUT2D eigenvalue weighted by Gasteiger charge is 2.24. The van der Waals surface area contributed by atoms with Crippen molar-refractivity contribution in [2.75, 3.05) is 30.3 Å². The molecule has 1 fully saturated rings. The first-order valence-corrected chi connectivity index (χ1v) is 14.2. The van der Waals surface area contributed by atoms with Gasteiger partial charge in [-0.25, -0.2) is 18.8 Å². The van der Waals surface area contributed by atoms with Gasteiger partial charge in [-0.05, 0) is 62.5 Å². The highest BCUT2D eigenvalue weighted by atomic mass is 32.2. The van der Waals surface area contributed by atoms with Crippen LogP contribution in [0.2, 0.25) is 0 Å². The second kappa shape index (κ2) is 11.7. The third kappa shape index (κ3) is 5.97. The molecular formula is C28H30FN9OS. The Morgan fingerprint density at radius 1 is 1.15 bits per heavy atom. The monoisotopic (exact) mass is 559 g/mol. The zero-order valence-electron chi connectivity index (χ0n) is 22.2. The molecule has 0 saturated carbocycles. The Morgan fingerprint density at radius 2 is 2.02 bits per heavy atom. The molecule has 6 rings (SSSR count). The Morgan fingerprint density at radius 3 is 2.88 bits per heavy atom. The van der Waals surface area contributed by atoms with Crippen molar-refractivity contribution < 1.29 is 9.18 Å². The normalized spacial score (nSPS) is 17.6. The first-order valence-electron chi connectivity index (χ1n) is 13.4. The second-order valence-corrected chi connectivity index (χ2v) is 11.1. The van der Waals surface area contributed by atoms with Crippen LogP contribution in [0, 0.1) is 12.7 Å². The number of anilines is 2. The van der Waals surface area contributed by atoms with Gasteiger partial charge in [0.15, 0.2) is 17.3 Å². The minimum atomic E-state index is -0.581. The van der Waals surface area contributed by atoms with E-state index < -0.39 is 5.82 Å². The van der Waals surface area contributed by atoms with E-state index in [1.807, 2.05) is 23.6 Å². The molecule has 1 atom stereocenters. The van der Waals surface area contributed by atoms with Gasteiger partial charge >= 0.3 is 0 Å². The van der Waals surface area contributed by atoms with Crippen LogP contribution in [0.3, 0.4) is 0 Å². The van der Waals surface area contributed by atoms with Gasteiger partial charge in [0.05, 0.1) is 35.9 Å². The van der Waals surface area contributed by atoms with Crippen LogP contribution in [0.1, 0.15) is 36.9 Å². The maximum atomic E-state index is 13.9. The fourth-order valence-electron chi connectivity index (χ4n) is 5.13. The number of pyridine rings is 2. The Balaban J connectivity index is 1.16. The molecule has 2 aliphatic heterocycles. The van der Waals surface area contributed by atoms with Crippen LogP contribution in [-0.2, 0) is 11.2 Å². The van der Waals surface area contributed by atoms with Gasteiger partial charge in [0, 0.05) is 49.0 Å². The molecule has 0 aromatic carbocycles. The number of carbonyl (C=O) groups excluding carboxylic acids is 1. The summed E-state index contributed by atoms with van der Waals surface area (Å²) in [5.41, 5.74) is 5.21. The van der Waals surface area contributed by atoms with E-state index in [-0.39, 0.29) is 23.4 Å². The molecule has 2 N–H and O–H groups in total. The van der Waals surface area contributed by atoms with E-state index in [4.69, 9.17) is 9.38 Å². The maximum Gasteiger partial charge on any atom is 0.228 e. The molecule has 4 aromatic rings. The van der Waals surface area contributed by atoms with Crippen molar-refractivity contribution >= 4 is 40.7 Å². The number of imidazole rings is 1. The number of aromatic nitrogens is 5. The largest absolute Gasteiger partial charge is 0.353 e. The number of hydrogen-bond acceptors (Lipinski definition) is 9. The quantitative estimate of drug-likeness (QED) is 0.303. The van der Waals surface area contributed by atoms with Crippen molar-refractivity contribution in [2.24, 2.45) is 4.40 Å². The van der Waals surface area contributed by atoms with E-state index in [2.05, 4.69) is 30.5 Å². The standard InChI is InChI=1S/C28H30FN9OS/c1-18-16-38-24(20-9-19(12-31-13-20)10-25(39)34-23-5-6-30-14-22(23)29)15-32-28(38)27(33-18)35-26-11-21(36-40-26)17-37-7-3-2-4-8-37/h5-6,9,12-16,26H,2-4,7-8,10-11,17H2,1H3,(H,33,35)(H,30,34,39). The van der Waals surface area contributed by atoms with Crippen molar-refractivity contribution in [3.8, 4) is 11.3 Å². The van der Waals surface area contributed by atoms with E-state index >= 15 is 0 Å². The van der Waals surface area contributed by atoms with Gasteiger partial charge in [-0.3, -0.25) is 24.1 Å². The van der Waals surface area contributed by atoms with E-state index in [9.17, 15) is 9.18 Å². The van der Waals surface area contributed by atoms with Crippen molar-refractivity contribution in [1.29, 1.82) is 0 Å². The van der Waals surface area contributed by atoms with Crippen LogP contribution in [0.5, 0.6) is 0 Å². The molecule has 0 aliphatic carbocycles. The zero-order chi connectivity index (χ0) is 27.5. The summed E-state index contributed by atoms with van der Waals surface area (Å²) in [5, 5.41) is 6.24. The molecule has 1 saturated heterocycles. The fraction of sp³-hybridized carbons (Fsp3) is 0.357. The molecular weight excluding hydrogens is 529 g/mol. The van der Waals surface area contributed by atoms with Crippen LogP contribution in [-0.4, -0.2) is 65.9 Å². The van der Waals surface area contributed by atoms with Gasteiger partial charge in [-0.2, -0.15) is 0 Å². The number of nitrogens with one attached hydrogen (secondary N) is 2. The summed E-state index contributed by atoms with van der Waals surface area (Å²) < 4.78 is 20.6. The summed E-state index contributed by atoms with van der Waals surface area (Å²) in [6, 6.07) is 3.32. The highest BCUT2D eigenvalue weighted by molar-refractivity contribution is 7.99. The molecule has 10 nitrogen and oxygen atoms in total. The lowest BCUT2D eigenvalue weighted by Crippen LogP contribution is -2.34. The van der Waals surface area contributed by atoms with E-state index in [0.29, 0.717) is 17.0 Å². The average Bonchev–Trinajstić information content (AvgIpc) is 3.57. The number of piperidine rings is 1. The van der Waals surface area contributed by atoms with Gasteiger partial charge in [-0.1, -0.05) is 6.42 Å². The number of likely N-dealkylation sites (tertiary alicyclic amines) is 1. The molecule has 1 unspecified atom stereocenters. The predicted octanol–water partition coefficient (Wildman–Crippen LogP) is 4.53. The van der Waals surface area contributed by atoms with Gasteiger partial charge < -0.3 is 10.6 Å². The summed E-state index contributed by atoms with van der Waals surface area (Å²) in [6.45, 7) is 5.20. The van der Waals surface area contributed by atoms with Crippen molar-refractivity contribution in [3.63, 3.8) is 0 Å². The SMILES string of the molecule is Cc1cn2c(-c3cncc(CC(=O)Nc4ccncc4F)c3)cnc2c(NC2CC(CN3CCCCC3)=NS2)n1. The molecule has 0 spiro atoms. The predicted molar refractivity (Wildman–Crippen MR) is 155 cm³/mol. The maximum absolute atomic E-state index is 13.9. The Bertz CT molecular complexity index is 1570. The number of carbonyl (C=O) groups is 1. The van der Waals surface area contributed by atoms with Crippen molar-refractivity contribution in [2.45, 2.75) is 44.4 Å². The number of fused-ring (bicyclic) bond motifs is 1. The molecule has 40 heavy (non-hydrogen) atoms. The first-order chi connectivity index (χ1) is 19.5. The topological polar surface area (TPSA) is 113 Å². The fourth-order valence-corrected chi connectivity index (χ4v) is 5.97. The second-order valence-electron chi connectivity index (χ2n) is 10.2. The van der Waals surface area contributed by atoms with Crippen molar-refractivity contribution in [1.82, 2.24) is 29.2 Å². The molecule has 0 radical (unpaired) electrons. The molecule has 206 valence electrons. The van der Waals surface area contributed by atoms with E-state index in [1.165, 1.54) is 37.2 Å². The molecule has 2 aliphatic rings. The first kappa shape index (κ1) is 26.3. The van der Waals surface area contributed by atoms with Gasteiger partial charge in [0.1, 0.15) is 5.37 Å². The number of nitrogens with zero attached hydrogens (tertiary/aromatic N) is 7. The minimum absolute atomic E-state index is 0.0470.